The fraction of sp³-hybridized carbons (Fsp3) is 0.533. The number of carbonyl (C=O) groups excluding carboxylic acids is 1. The van der Waals surface area contributed by atoms with Gasteiger partial charge in [0.05, 0.1) is 11.6 Å². The van der Waals surface area contributed by atoms with Gasteiger partial charge < -0.3 is 15.5 Å². The number of anilines is 1. The van der Waals surface area contributed by atoms with Gasteiger partial charge in [0.1, 0.15) is 5.82 Å². The molecule has 1 amide bonds. The van der Waals surface area contributed by atoms with Crippen molar-refractivity contribution in [1.29, 1.82) is 0 Å². The number of rotatable bonds is 4. The summed E-state index contributed by atoms with van der Waals surface area (Å²) in [5, 5.41) is 0. The molecule has 2 rings (SSSR count). The molecule has 0 aliphatic carbocycles. The average molecular weight is 279 g/mol. The van der Waals surface area contributed by atoms with Crippen molar-refractivity contribution in [1.82, 2.24) is 4.90 Å². The molecule has 1 unspecified atom stereocenters. The highest BCUT2D eigenvalue weighted by molar-refractivity contribution is 5.79. The van der Waals surface area contributed by atoms with Gasteiger partial charge in [0.25, 0.3) is 0 Å². The molecule has 1 saturated heterocycles. The van der Waals surface area contributed by atoms with Crippen LogP contribution in [0.2, 0.25) is 0 Å². The quantitative estimate of drug-likeness (QED) is 0.908. The van der Waals surface area contributed by atoms with Crippen LogP contribution in [0.15, 0.2) is 24.3 Å². The third-order valence-corrected chi connectivity index (χ3v) is 3.91. The van der Waals surface area contributed by atoms with Crippen LogP contribution in [-0.4, -0.2) is 43.5 Å². The number of hydrogen-bond donors (Lipinski definition) is 1. The van der Waals surface area contributed by atoms with Gasteiger partial charge in [-0.3, -0.25) is 4.79 Å². The van der Waals surface area contributed by atoms with Crippen molar-refractivity contribution in [2.45, 2.75) is 13.3 Å². The number of halogens is 1. The van der Waals surface area contributed by atoms with Gasteiger partial charge in [0.15, 0.2) is 0 Å². The summed E-state index contributed by atoms with van der Waals surface area (Å²) in [6.07, 6.45) is 0.767. The standard InChI is InChI=1S/C15H22FN3O/c1-2-12(11-17)15(20)19-9-7-18(8-10-19)14-6-4-3-5-13(14)16/h3-6,12H,2,7-11,17H2,1H3. The molecule has 1 aliphatic heterocycles. The maximum absolute atomic E-state index is 13.7. The topological polar surface area (TPSA) is 49.6 Å². The fourth-order valence-electron chi connectivity index (χ4n) is 2.58. The minimum absolute atomic E-state index is 0.0880. The lowest BCUT2D eigenvalue weighted by atomic mass is 10.0. The summed E-state index contributed by atoms with van der Waals surface area (Å²) >= 11 is 0. The van der Waals surface area contributed by atoms with Gasteiger partial charge in [-0.2, -0.15) is 0 Å². The van der Waals surface area contributed by atoms with Gasteiger partial charge in [0, 0.05) is 32.7 Å². The van der Waals surface area contributed by atoms with Gasteiger partial charge >= 0.3 is 0 Å². The van der Waals surface area contributed by atoms with E-state index in [9.17, 15) is 9.18 Å². The molecule has 1 aliphatic rings. The Morgan fingerprint density at radius 2 is 1.95 bits per heavy atom. The van der Waals surface area contributed by atoms with Crippen molar-refractivity contribution < 1.29 is 9.18 Å². The highest BCUT2D eigenvalue weighted by Crippen LogP contribution is 2.20. The van der Waals surface area contributed by atoms with Crippen LogP contribution in [0.1, 0.15) is 13.3 Å². The van der Waals surface area contributed by atoms with Crippen LogP contribution >= 0.6 is 0 Å². The van der Waals surface area contributed by atoms with Crippen LogP contribution in [0, 0.1) is 11.7 Å². The van der Waals surface area contributed by atoms with Crippen molar-refractivity contribution in [2.75, 3.05) is 37.6 Å². The summed E-state index contributed by atoms with van der Waals surface area (Å²) in [5.41, 5.74) is 6.24. The van der Waals surface area contributed by atoms with E-state index in [2.05, 4.69) is 0 Å². The number of para-hydroxylation sites is 1. The molecule has 1 aromatic carbocycles. The summed E-state index contributed by atoms with van der Waals surface area (Å²) in [5.74, 6) is -0.168. The molecule has 1 atom stereocenters. The van der Waals surface area contributed by atoms with Gasteiger partial charge in [-0.15, -0.1) is 0 Å². The second kappa shape index (κ2) is 6.70. The first-order valence-corrected chi connectivity index (χ1v) is 7.15. The predicted octanol–water partition coefficient (Wildman–Crippen LogP) is 1.46. The Morgan fingerprint density at radius 1 is 1.30 bits per heavy atom. The van der Waals surface area contributed by atoms with E-state index in [4.69, 9.17) is 5.73 Å². The molecular weight excluding hydrogens is 257 g/mol. The van der Waals surface area contributed by atoms with Crippen molar-refractivity contribution in [3.63, 3.8) is 0 Å². The van der Waals surface area contributed by atoms with E-state index in [0.717, 1.165) is 6.42 Å². The number of carbonyl (C=O) groups is 1. The van der Waals surface area contributed by atoms with Crippen LogP contribution in [0.3, 0.4) is 0 Å². The lowest BCUT2D eigenvalue weighted by molar-refractivity contribution is -0.135. The van der Waals surface area contributed by atoms with E-state index < -0.39 is 0 Å². The van der Waals surface area contributed by atoms with E-state index in [0.29, 0.717) is 38.4 Å². The van der Waals surface area contributed by atoms with Crippen LogP contribution in [0.5, 0.6) is 0 Å². The minimum atomic E-state index is -0.208. The minimum Gasteiger partial charge on any atom is -0.366 e. The molecular formula is C15H22FN3O. The largest absolute Gasteiger partial charge is 0.366 e. The van der Waals surface area contributed by atoms with Crippen molar-refractivity contribution in [3.8, 4) is 0 Å². The molecule has 110 valence electrons. The summed E-state index contributed by atoms with van der Waals surface area (Å²) in [4.78, 5) is 16.1. The third-order valence-electron chi connectivity index (χ3n) is 3.91. The first kappa shape index (κ1) is 14.8. The zero-order valence-electron chi connectivity index (χ0n) is 11.9. The van der Waals surface area contributed by atoms with E-state index in [-0.39, 0.29) is 17.6 Å². The Labute approximate surface area is 119 Å². The molecule has 0 saturated carbocycles. The van der Waals surface area contributed by atoms with Gasteiger partial charge in [-0.25, -0.2) is 4.39 Å². The highest BCUT2D eigenvalue weighted by atomic mass is 19.1. The van der Waals surface area contributed by atoms with Crippen molar-refractivity contribution >= 4 is 11.6 Å². The Hall–Kier alpha value is -1.62. The molecule has 20 heavy (non-hydrogen) atoms. The van der Waals surface area contributed by atoms with E-state index in [1.165, 1.54) is 6.07 Å². The van der Waals surface area contributed by atoms with Crippen LogP contribution in [-0.2, 0) is 4.79 Å². The Balaban J connectivity index is 1.96. The number of piperazine rings is 1. The fourth-order valence-corrected chi connectivity index (χ4v) is 2.58. The lowest BCUT2D eigenvalue weighted by Crippen LogP contribution is -2.51. The molecule has 2 N–H and O–H groups in total. The Kier molecular flexibility index (Phi) is 4.95. The highest BCUT2D eigenvalue weighted by Gasteiger charge is 2.26. The normalized spacial score (nSPS) is 17.1. The molecule has 5 heteroatoms. The predicted molar refractivity (Wildman–Crippen MR) is 78.0 cm³/mol. The average Bonchev–Trinajstić information content (AvgIpc) is 2.49. The molecule has 0 spiro atoms. The maximum atomic E-state index is 13.7. The number of benzene rings is 1. The number of nitrogens with two attached hydrogens (primary N) is 1. The SMILES string of the molecule is CCC(CN)C(=O)N1CCN(c2ccccc2F)CC1. The van der Waals surface area contributed by atoms with E-state index >= 15 is 0 Å². The molecule has 4 nitrogen and oxygen atoms in total. The van der Waals surface area contributed by atoms with Crippen molar-refractivity contribution in [2.24, 2.45) is 11.7 Å². The van der Waals surface area contributed by atoms with E-state index in [1.54, 1.807) is 12.1 Å². The zero-order valence-corrected chi connectivity index (χ0v) is 11.9. The zero-order chi connectivity index (χ0) is 14.5. The van der Waals surface area contributed by atoms with Crippen LogP contribution in [0.4, 0.5) is 10.1 Å². The third kappa shape index (κ3) is 3.10. The molecule has 1 heterocycles. The Bertz CT molecular complexity index is 454. The summed E-state index contributed by atoms with van der Waals surface area (Å²) < 4.78 is 13.7. The molecule has 0 bridgehead atoms. The van der Waals surface area contributed by atoms with Crippen molar-refractivity contribution in [3.05, 3.63) is 30.1 Å². The summed E-state index contributed by atoms with van der Waals surface area (Å²) in [6, 6.07) is 6.76. The second-order valence-electron chi connectivity index (χ2n) is 5.10. The van der Waals surface area contributed by atoms with Gasteiger partial charge in [0.2, 0.25) is 5.91 Å². The summed E-state index contributed by atoms with van der Waals surface area (Å²) in [6.45, 7) is 4.95. The monoisotopic (exact) mass is 279 g/mol. The molecule has 1 aromatic rings. The van der Waals surface area contributed by atoms with E-state index in [1.807, 2.05) is 22.8 Å². The molecule has 0 radical (unpaired) electrons. The first-order chi connectivity index (χ1) is 9.67. The summed E-state index contributed by atoms with van der Waals surface area (Å²) in [7, 11) is 0. The number of amides is 1. The number of hydrogen-bond acceptors (Lipinski definition) is 3. The Morgan fingerprint density at radius 3 is 2.50 bits per heavy atom. The van der Waals surface area contributed by atoms with Crippen LogP contribution < -0.4 is 10.6 Å². The molecule has 0 aromatic heterocycles. The van der Waals surface area contributed by atoms with Crippen LogP contribution in [0.25, 0.3) is 0 Å². The lowest BCUT2D eigenvalue weighted by Gasteiger charge is -2.37. The van der Waals surface area contributed by atoms with Gasteiger partial charge in [-0.1, -0.05) is 19.1 Å². The molecule has 1 fully saturated rings. The van der Waals surface area contributed by atoms with Gasteiger partial charge in [-0.05, 0) is 18.6 Å². The number of nitrogens with zero attached hydrogens (tertiary/aromatic N) is 2. The second-order valence-corrected chi connectivity index (χ2v) is 5.10. The first-order valence-electron chi connectivity index (χ1n) is 7.15. The smallest absolute Gasteiger partial charge is 0.227 e. The maximum Gasteiger partial charge on any atom is 0.227 e.